The van der Waals surface area contributed by atoms with Crippen molar-refractivity contribution in [2.75, 3.05) is 11.9 Å². The van der Waals surface area contributed by atoms with Gasteiger partial charge in [-0.15, -0.1) is 11.3 Å². The van der Waals surface area contributed by atoms with Gasteiger partial charge in [-0.25, -0.2) is 22.6 Å². The van der Waals surface area contributed by atoms with E-state index in [-0.39, 0.29) is 32.5 Å². The van der Waals surface area contributed by atoms with Gasteiger partial charge in [-0.3, -0.25) is 24.0 Å². The van der Waals surface area contributed by atoms with Crippen LogP contribution in [0.1, 0.15) is 68.9 Å². The van der Waals surface area contributed by atoms with Crippen LogP contribution in [-0.2, 0) is 42.2 Å². The Morgan fingerprint density at radius 2 is 1.86 bits per heavy atom. The molecule has 4 heterocycles. The maximum Gasteiger partial charge on any atom is 0.410 e. The molecule has 3 N–H and O–H groups in total. The van der Waals surface area contributed by atoms with E-state index in [2.05, 4.69) is 31.3 Å². The van der Waals surface area contributed by atoms with Gasteiger partial charge in [0.15, 0.2) is 5.13 Å². The van der Waals surface area contributed by atoms with Crippen molar-refractivity contribution in [1.82, 2.24) is 24.8 Å². The minimum Gasteiger partial charge on any atom is -0.444 e. The number of benzene rings is 2. The molecule has 5 atom stereocenters. The molecule has 2 saturated carbocycles. The summed E-state index contributed by atoms with van der Waals surface area (Å²) in [6, 6.07) is 10.5. The van der Waals surface area contributed by atoms with Crippen molar-refractivity contribution >= 4 is 66.2 Å². The van der Waals surface area contributed by atoms with Gasteiger partial charge in [0.1, 0.15) is 29.5 Å². The van der Waals surface area contributed by atoms with Crippen LogP contribution in [-0.4, -0.2) is 82.5 Å². The molecule has 13 nitrogen and oxygen atoms in total. The maximum atomic E-state index is 14.7. The summed E-state index contributed by atoms with van der Waals surface area (Å²) in [6.07, 6.45) is 6.78. The van der Waals surface area contributed by atoms with E-state index in [1.54, 1.807) is 12.1 Å². The third-order valence-electron chi connectivity index (χ3n) is 11.2. The van der Waals surface area contributed by atoms with Crippen molar-refractivity contribution in [2.45, 2.75) is 99.9 Å². The molecule has 3 aromatic rings. The summed E-state index contributed by atoms with van der Waals surface area (Å²) in [5.41, 5.74) is 1.21. The van der Waals surface area contributed by atoms with Crippen molar-refractivity contribution in [2.24, 2.45) is 5.92 Å². The quantitative estimate of drug-likeness (QED) is 0.256. The SMILES string of the molecule is O=C1N[C@@]2(C(=O)NS(=O)(=O)C3CC3)C[C@@H]2/C=C\CCCCC[C@H](Nc2nc(-c3ccc(Br)cc3)cs2)C(=O)N2C[C@H](OC(=O)N3Cc4cccc(F)c4C3)C[C@@H]12. The van der Waals surface area contributed by atoms with Gasteiger partial charge in [-0.1, -0.05) is 65.2 Å². The lowest BCUT2D eigenvalue weighted by molar-refractivity contribution is -0.140. The first kappa shape index (κ1) is 38.5. The van der Waals surface area contributed by atoms with Crippen LogP contribution >= 0.6 is 27.3 Å². The van der Waals surface area contributed by atoms with Gasteiger partial charge >= 0.3 is 6.09 Å². The first-order valence-electron chi connectivity index (χ1n) is 19.0. The number of anilines is 1. The second-order valence-corrected chi connectivity index (χ2v) is 19.0. The Balaban J connectivity index is 1.06. The Bertz CT molecular complexity index is 2180. The van der Waals surface area contributed by atoms with Crippen LogP contribution in [0.15, 0.2) is 64.5 Å². The minimum atomic E-state index is -3.91. The van der Waals surface area contributed by atoms with E-state index >= 15 is 0 Å². The Hall–Kier alpha value is -4.35. The number of allylic oxidation sites excluding steroid dienone is 1. The van der Waals surface area contributed by atoms with Gasteiger partial charge in [0.2, 0.25) is 21.8 Å². The van der Waals surface area contributed by atoms with Gasteiger partial charge in [0.05, 0.1) is 24.0 Å². The van der Waals surface area contributed by atoms with Crippen LogP contribution in [0, 0.1) is 11.7 Å². The number of carbonyl (C=O) groups excluding carboxylic acids is 4. The summed E-state index contributed by atoms with van der Waals surface area (Å²) in [5.74, 6) is -2.70. The topological polar surface area (TPSA) is 167 Å². The Kier molecular flexibility index (Phi) is 10.7. The number of aromatic nitrogens is 1. The summed E-state index contributed by atoms with van der Waals surface area (Å²) < 4.78 is 49.2. The smallest absolute Gasteiger partial charge is 0.410 e. The molecule has 296 valence electrons. The van der Waals surface area contributed by atoms with Gasteiger partial charge in [0.25, 0.3) is 5.91 Å². The van der Waals surface area contributed by atoms with Crippen molar-refractivity contribution < 1.29 is 36.7 Å². The molecular weight excluding hydrogens is 827 g/mol. The van der Waals surface area contributed by atoms with Crippen LogP contribution in [0.4, 0.5) is 14.3 Å². The number of nitrogens with zero attached hydrogens (tertiary/aromatic N) is 3. The number of fused-ring (bicyclic) bond motifs is 3. The number of rotatable bonds is 7. The Labute approximate surface area is 336 Å². The predicted octanol–water partition coefficient (Wildman–Crippen LogP) is 5.62. The number of nitrogens with one attached hydrogen (secondary N) is 3. The average Bonchev–Trinajstić information content (AvgIpc) is 3.97. The number of carbonyl (C=O) groups is 4. The van der Waals surface area contributed by atoms with Crippen LogP contribution in [0.2, 0.25) is 0 Å². The highest BCUT2D eigenvalue weighted by atomic mass is 79.9. The number of sulfonamides is 1. The zero-order valence-electron chi connectivity index (χ0n) is 30.4. The lowest BCUT2D eigenvalue weighted by Crippen LogP contribution is -2.57. The summed E-state index contributed by atoms with van der Waals surface area (Å²) >= 11 is 4.81. The fraction of sp³-hybridized carbons (Fsp3) is 0.462. The first-order valence-corrected chi connectivity index (χ1v) is 22.2. The molecule has 2 aromatic carbocycles. The molecule has 0 unspecified atom stereocenters. The molecular formula is C39H42BrFN6O7S2. The fourth-order valence-electron chi connectivity index (χ4n) is 7.82. The lowest BCUT2D eigenvalue weighted by atomic mass is 10.1. The number of ether oxygens (including phenoxy) is 1. The number of amides is 4. The second kappa shape index (κ2) is 15.5. The number of hydrogen-bond acceptors (Lipinski definition) is 10. The Morgan fingerprint density at radius 3 is 2.62 bits per heavy atom. The monoisotopic (exact) mass is 868 g/mol. The van der Waals surface area contributed by atoms with E-state index in [9.17, 15) is 32.0 Å². The summed E-state index contributed by atoms with van der Waals surface area (Å²) in [6.45, 7) is 0.0820. The molecule has 1 aromatic heterocycles. The highest BCUT2D eigenvalue weighted by molar-refractivity contribution is 9.10. The summed E-state index contributed by atoms with van der Waals surface area (Å²) in [5, 5.41) is 7.98. The van der Waals surface area contributed by atoms with Crippen molar-refractivity contribution in [3.63, 3.8) is 0 Å². The highest BCUT2D eigenvalue weighted by Gasteiger charge is 2.62. The van der Waals surface area contributed by atoms with Gasteiger partial charge in [0, 0.05) is 39.9 Å². The van der Waals surface area contributed by atoms with E-state index in [0.29, 0.717) is 48.4 Å². The molecule has 0 bridgehead atoms. The zero-order valence-corrected chi connectivity index (χ0v) is 33.6. The molecule has 17 heteroatoms. The molecule has 0 spiro atoms. The Morgan fingerprint density at radius 1 is 1.05 bits per heavy atom. The third-order valence-corrected chi connectivity index (χ3v) is 14.4. The summed E-state index contributed by atoms with van der Waals surface area (Å²) in [7, 11) is -3.91. The van der Waals surface area contributed by atoms with E-state index in [4.69, 9.17) is 9.72 Å². The number of thiazole rings is 1. The normalized spacial score (nSPS) is 27.2. The van der Waals surface area contributed by atoms with Crippen LogP contribution < -0.4 is 15.4 Å². The molecule has 4 amide bonds. The van der Waals surface area contributed by atoms with E-state index in [1.807, 2.05) is 41.8 Å². The molecule has 56 heavy (non-hydrogen) atoms. The molecule has 0 radical (unpaired) electrons. The van der Waals surface area contributed by atoms with Gasteiger partial charge in [-0.05, 0) is 62.3 Å². The number of hydrogen-bond donors (Lipinski definition) is 3. The third kappa shape index (κ3) is 8.07. The molecule has 3 aliphatic heterocycles. The van der Waals surface area contributed by atoms with Gasteiger partial charge in [-0.2, -0.15) is 0 Å². The molecule has 1 saturated heterocycles. The fourth-order valence-corrected chi connectivity index (χ4v) is 10.2. The van der Waals surface area contributed by atoms with Crippen LogP contribution in [0.5, 0.6) is 0 Å². The van der Waals surface area contributed by atoms with Gasteiger partial charge < -0.3 is 20.3 Å². The molecule has 5 aliphatic rings. The van der Waals surface area contributed by atoms with E-state index in [0.717, 1.165) is 28.6 Å². The first-order chi connectivity index (χ1) is 26.9. The van der Waals surface area contributed by atoms with Crippen LogP contribution in [0.3, 0.4) is 0 Å². The number of halogens is 2. The van der Waals surface area contributed by atoms with E-state index < -0.39 is 74.5 Å². The van der Waals surface area contributed by atoms with Crippen LogP contribution in [0.25, 0.3) is 11.3 Å². The average molecular weight is 870 g/mol. The van der Waals surface area contributed by atoms with Crippen molar-refractivity contribution in [3.8, 4) is 11.3 Å². The molecule has 2 aliphatic carbocycles. The molecule has 3 fully saturated rings. The largest absolute Gasteiger partial charge is 0.444 e. The zero-order chi connectivity index (χ0) is 39.2. The van der Waals surface area contributed by atoms with Crippen molar-refractivity contribution in [3.05, 3.63) is 81.4 Å². The highest BCUT2D eigenvalue weighted by Crippen LogP contribution is 2.46. The predicted molar refractivity (Wildman–Crippen MR) is 210 cm³/mol. The minimum absolute atomic E-state index is 0.0263. The summed E-state index contributed by atoms with van der Waals surface area (Å²) in [4.78, 5) is 63.8. The van der Waals surface area contributed by atoms with Crippen molar-refractivity contribution in [1.29, 1.82) is 0 Å². The lowest BCUT2D eigenvalue weighted by Gasteiger charge is -2.29. The maximum absolute atomic E-state index is 14.7. The van der Waals surface area contributed by atoms with E-state index in [1.165, 1.54) is 27.2 Å². The second-order valence-electron chi connectivity index (χ2n) is 15.2. The molecule has 8 rings (SSSR count). The standard InChI is InChI=1S/C39H42BrFN6O7S2/c40-26-13-11-23(12-14-26)32-22-55-37(43-32)42-31-10-5-3-1-2-4-8-25-18-39(25,36(50)45-56(52,53)28-15-16-28)44-34(48)33-17-27(20-47(33)35(31)49)54-38(51)46-19-24-7-6-9-30(41)29(24)21-46/h4,6-9,11-14,22,25,27-28,31,33H,1-3,5,10,15-21H2,(H,42,43)(H,44,48)(H,45,50)/b8-4-/t25-,27+,31-,33-,39-/m0/s1.